The summed E-state index contributed by atoms with van der Waals surface area (Å²) in [5, 5.41) is 0. The summed E-state index contributed by atoms with van der Waals surface area (Å²) in [5.74, 6) is 0.0934. The standard InChI is InChI=1S/C30H54N4O8S4/c1-3-5-7-9-11-13-26-43(35,36)31-18-22-33(23-19-31)45(39,40)29-16-15-17-30(28-29)46(41,42)34-24-20-32(21-25-34)44(37,38)27-14-12-10-8-6-4-2/h15-17,28H,3-14,18-27H2,1-2H3. The highest BCUT2D eigenvalue weighted by molar-refractivity contribution is 7.90. The van der Waals surface area contributed by atoms with Gasteiger partial charge in [0, 0.05) is 52.4 Å². The molecule has 2 heterocycles. The highest BCUT2D eigenvalue weighted by atomic mass is 32.2. The zero-order chi connectivity index (χ0) is 33.8. The largest absolute Gasteiger partial charge is 0.243 e. The van der Waals surface area contributed by atoms with E-state index in [9.17, 15) is 33.7 Å². The third kappa shape index (κ3) is 10.9. The highest BCUT2D eigenvalue weighted by Crippen LogP contribution is 2.25. The predicted molar refractivity (Wildman–Crippen MR) is 181 cm³/mol. The molecule has 0 amide bonds. The Bertz CT molecular complexity index is 1410. The maximum atomic E-state index is 13.5. The van der Waals surface area contributed by atoms with Crippen molar-refractivity contribution in [1.82, 2.24) is 17.2 Å². The molecule has 12 nitrogen and oxygen atoms in total. The van der Waals surface area contributed by atoms with Crippen molar-refractivity contribution < 1.29 is 33.7 Å². The van der Waals surface area contributed by atoms with Crippen LogP contribution < -0.4 is 0 Å². The van der Waals surface area contributed by atoms with Crippen LogP contribution in [-0.4, -0.2) is 115 Å². The summed E-state index contributed by atoms with van der Waals surface area (Å²) >= 11 is 0. The fraction of sp³-hybridized carbons (Fsp3) is 0.800. The minimum Gasteiger partial charge on any atom is -0.212 e. The van der Waals surface area contributed by atoms with E-state index in [-0.39, 0.29) is 73.7 Å². The Morgan fingerprint density at radius 1 is 0.457 bits per heavy atom. The lowest BCUT2D eigenvalue weighted by Crippen LogP contribution is -2.51. The molecule has 3 rings (SSSR count). The average molecular weight is 727 g/mol. The molecule has 0 aliphatic carbocycles. The fourth-order valence-corrected chi connectivity index (χ4v) is 12.0. The number of hydrogen-bond acceptors (Lipinski definition) is 8. The summed E-state index contributed by atoms with van der Waals surface area (Å²) in [7, 11) is -15.1. The van der Waals surface area contributed by atoms with Crippen LogP contribution >= 0.6 is 0 Å². The molecule has 266 valence electrons. The molecule has 0 spiro atoms. The Labute approximate surface area is 278 Å². The third-order valence-corrected chi connectivity index (χ3v) is 16.5. The van der Waals surface area contributed by atoms with E-state index < -0.39 is 40.1 Å². The van der Waals surface area contributed by atoms with Gasteiger partial charge in [0.15, 0.2) is 0 Å². The number of sulfonamides is 4. The van der Waals surface area contributed by atoms with Crippen LogP contribution in [0.1, 0.15) is 90.9 Å². The highest BCUT2D eigenvalue weighted by Gasteiger charge is 2.35. The Kier molecular flexibility index (Phi) is 15.4. The van der Waals surface area contributed by atoms with Crippen LogP contribution in [0.15, 0.2) is 34.1 Å². The Morgan fingerprint density at radius 2 is 0.761 bits per heavy atom. The first-order valence-electron chi connectivity index (χ1n) is 16.8. The molecule has 2 fully saturated rings. The predicted octanol–water partition coefficient (Wildman–Crippen LogP) is 3.68. The van der Waals surface area contributed by atoms with Gasteiger partial charge >= 0.3 is 0 Å². The molecule has 0 aromatic heterocycles. The first-order chi connectivity index (χ1) is 21.8. The van der Waals surface area contributed by atoms with E-state index in [0.717, 1.165) is 70.3 Å². The number of nitrogens with zero attached hydrogens (tertiary/aromatic N) is 4. The zero-order valence-electron chi connectivity index (χ0n) is 27.6. The summed E-state index contributed by atoms with van der Waals surface area (Å²) in [4.78, 5) is -0.366. The van der Waals surface area contributed by atoms with Crippen molar-refractivity contribution in [3.05, 3.63) is 24.3 Å². The van der Waals surface area contributed by atoms with E-state index in [4.69, 9.17) is 0 Å². The normalized spacial score (nSPS) is 18.7. The quantitative estimate of drug-likeness (QED) is 0.185. The SMILES string of the molecule is CCCCCCCCS(=O)(=O)N1CCN(S(=O)(=O)c2cccc(S(=O)(=O)N3CCN(S(=O)(=O)CCCCCCCC)CC3)c2)CC1. The second-order valence-corrected chi connectivity index (χ2v) is 20.3. The summed E-state index contributed by atoms with van der Waals surface area (Å²) < 4.78 is 110. The Morgan fingerprint density at radius 3 is 1.11 bits per heavy atom. The van der Waals surface area contributed by atoms with Crippen LogP contribution in [0.3, 0.4) is 0 Å². The minimum atomic E-state index is -4.08. The number of hydrogen-bond donors (Lipinski definition) is 0. The molecule has 2 aliphatic heterocycles. The maximum absolute atomic E-state index is 13.5. The lowest BCUT2D eigenvalue weighted by atomic mass is 10.1. The molecule has 2 saturated heterocycles. The van der Waals surface area contributed by atoms with Crippen molar-refractivity contribution in [2.24, 2.45) is 0 Å². The van der Waals surface area contributed by atoms with E-state index in [1.807, 2.05) is 0 Å². The molecule has 0 atom stereocenters. The summed E-state index contributed by atoms with van der Waals surface area (Å²) in [6, 6.07) is 5.18. The van der Waals surface area contributed by atoms with Gasteiger partial charge in [-0.2, -0.15) is 17.2 Å². The second kappa shape index (κ2) is 18.0. The summed E-state index contributed by atoms with van der Waals surface area (Å²) in [5.41, 5.74) is 0. The van der Waals surface area contributed by atoms with Gasteiger partial charge in [0.2, 0.25) is 40.1 Å². The Balaban J connectivity index is 1.55. The molecule has 0 bridgehead atoms. The van der Waals surface area contributed by atoms with Crippen LogP contribution in [0.5, 0.6) is 0 Å². The molecule has 1 aromatic carbocycles. The molecular weight excluding hydrogens is 673 g/mol. The van der Waals surface area contributed by atoms with E-state index in [1.54, 1.807) is 0 Å². The average Bonchev–Trinajstić information content (AvgIpc) is 3.04. The zero-order valence-corrected chi connectivity index (χ0v) is 30.8. The van der Waals surface area contributed by atoms with Gasteiger partial charge in [0.05, 0.1) is 21.3 Å². The van der Waals surface area contributed by atoms with Gasteiger partial charge in [-0.05, 0) is 31.0 Å². The monoisotopic (exact) mass is 726 g/mol. The van der Waals surface area contributed by atoms with Crippen LogP contribution in [0.2, 0.25) is 0 Å². The molecule has 16 heteroatoms. The van der Waals surface area contributed by atoms with Gasteiger partial charge in [-0.15, -0.1) is 0 Å². The van der Waals surface area contributed by atoms with Crippen LogP contribution in [0, 0.1) is 0 Å². The van der Waals surface area contributed by atoms with E-state index in [0.29, 0.717) is 12.8 Å². The van der Waals surface area contributed by atoms with Crippen LogP contribution in [-0.2, 0) is 40.1 Å². The molecule has 2 aliphatic rings. The Hall–Kier alpha value is -1.14. The lowest BCUT2D eigenvalue weighted by Gasteiger charge is -2.34. The van der Waals surface area contributed by atoms with Gasteiger partial charge in [0.25, 0.3) is 0 Å². The lowest BCUT2D eigenvalue weighted by molar-refractivity contribution is 0.272. The van der Waals surface area contributed by atoms with Gasteiger partial charge in [-0.3, -0.25) is 0 Å². The summed E-state index contributed by atoms with van der Waals surface area (Å²) in [6.07, 6.45) is 11.6. The second-order valence-electron chi connectivity index (χ2n) is 12.2. The molecule has 0 N–H and O–H groups in total. The van der Waals surface area contributed by atoms with Crippen molar-refractivity contribution >= 4 is 40.1 Å². The molecule has 46 heavy (non-hydrogen) atoms. The molecule has 0 saturated carbocycles. The first kappa shape index (κ1) is 39.3. The molecule has 1 aromatic rings. The molecule has 0 radical (unpaired) electrons. The van der Waals surface area contributed by atoms with Crippen molar-refractivity contribution in [3.63, 3.8) is 0 Å². The summed E-state index contributed by atoms with van der Waals surface area (Å²) in [6.45, 7) is 4.33. The van der Waals surface area contributed by atoms with Gasteiger partial charge in [-0.25, -0.2) is 33.7 Å². The van der Waals surface area contributed by atoms with Crippen LogP contribution in [0.4, 0.5) is 0 Å². The number of rotatable bonds is 20. The maximum Gasteiger partial charge on any atom is 0.243 e. The van der Waals surface area contributed by atoms with Gasteiger partial charge < -0.3 is 0 Å². The molecule has 0 unspecified atom stereocenters. The van der Waals surface area contributed by atoms with E-state index >= 15 is 0 Å². The van der Waals surface area contributed by atoms with Crippen molar-refractivity contribution in [2.75, 3.05) is 63.9 Å². The van der Waals surface area contributed by atoms with Crippen LogP contribution in [0.25, 0.3) is 0 Å². The van der Waals surface area contributed by atoms with Gasteiger partial charge in [0.1, 0.15) is 0 Å². The van der Waals surface area contributed by atoms with Crippen molar-refractivity contribution in [1.29, 1.82) is 0 Å². The first-order valence-corrected chi connectivity index (χ1v) is 22.9. The van der Waals surface area contributed by atoms with E-state index in [2.05, 4.69) is 13.8 Å². The fourth-order valence-electron chi connectivity index (χ4n) is 5.86. The number of piperazine rings is 2. The van der Waals surface area contributed by atoms with Gasteiger partial charge in [-0.1, -0.05) is 84.1 Å². The van der Waals surface area contributed by atoms with Crippen molar-refractivity contribution in [3.8, 4) is 0 Å². The number of benzene rings is 1. The number of unbranched alkanes of at least 4 members (excludes halogenated alkanes) is 10. The topological polar surface area (TPSA) is 150 Å². The minimum absolute atomic E-state index is 0.0236. The van der Waals surface area contributed by atoms with E-state index in [1.165, 1.54) is 35.4 Å². The van der Waals surface area contributed by atoms with Crippen molar-refractivity contribution in [2.45, 2.75) is 101 Å². The smallest absolute Gasteiger partial charge is 0.212 e. The molecular formula is C30H54N4O8S4. The third-order valence-electron chi connectivity index (χ3n) is 8.77.